The van der Waals surface area contributed by atoms with Crippen molar-refractivity contribution in [2.45, 2.75) is 37.9 Å². The summed E-state index contributed by atoms with van der Waals surface area (Å²) >= 11 is 0. The molecule has 1 saturated heterocycles. The molecule has 1 aromatic carbocycles. The van der Waals surface area contributed by atoms with Crippen molar-refractivity contribution in [2.24, 2.45) is 0 Å². The first-order valence-electron chi connectivity index (χ1n) is 9.98. The van der Waals surface area contributed by atoms with Crippen molar-refractivity contribution in [3.63, 3.8) is 0 Å². The minimum absolute atomic E-state index is 0.0189. The number of hydrogen-bond donors (Lipinski definition) is 2. The van der Waals surface area contributed by atoms with Crippen LogP contribution in [0.3, 0.4) is 0 Å². The number of hydrogen-bond acceptors (Lipinski definition) is 5. The third kappa shape index (κ3) is 4.96. The van der Waals surface area contributed by atoms with Crippen LogP contribution in [0.25, 0.3) is 0 Å². The Morgan fingerprint density at radius 2 is 1.83 bits per heavy atom. The van der Waals surface area contributed by atoms with E-state index in [2.05, 4.69) is 25.7 Å². The molecule has 3 heterocycles. The van der Waals surface area contributed by atoms with Crippen LogP contribution in [0.2, 0.25) is 0 Å². The number of benzene rings is 1. The Hall–Kier alpha value is -2.94. The van der Waals surface area contributed by atoms with E-state index in [1.807, 2.05) is 41.2 Å². The Morgan fingerprint density at radius 3 is 2.57 bits per heavy atom. The molecule has 0 radical (unpaired) electrons. The van der Waals surface area contributed by atoms with Crippen LogP contribution in [0.1, 0.15) is 35.7 Å². The third-order valence-corrected chi connectivity index (χ3v) is 5.21. The van der Waals surface area contributed by atoms with Crippen molar-refractivity contribution in [3.8, 4) is 0 Å². The molecular weight excluding hydrogens is 393 g/mol. The normalized spacial score (nSPS) is 15.3. The minimum atomic E-state index is -4.50. The first kappa shape index (κ1) is 20.3. The summed E-state index contributed by atoms with van der Waals surface area (Å²) in [5, 5.41) is 10.7. The molecule has 1 aliphatic rings. The fraction of sp³-hybridized carbons (Fsp3) is 0.381. The Labute approximate surface area is 172 Å². The van der Waals surface area contributed by atoms with Crippen molar-refractivity contribution >= 4 is 11.6 Å². The van der Waals surface area contributed by atoms with Gasteiger partial charge in [0.05, 0.1) is 29.2 Å². The van der Waals surface area contributed by atoms with E-state index in [1.54, 1.807) is 6.20 Å². The maximum atomic E-state index is 13.4. The van der Waals surface area contributed by atoms with Gasteiger partial charge in [0.2, 0.25) is 5.95 Å². The molecule has 158 valence electrons. The van der Waals surface area contributed by atoms with Crippen LogP contribution in [0, 0.1) is 0 Å². The van der Waals surface area contributed by atoms with Gasteiger partial charge in [0.25, 0.3) is 0 Å². The van der Waals surface area contributed by atoms with E-state index in [9.17, 15) is 13.2 Å². The highest BCUT2D eigenvalue weighted by molar-refractivity contribution is 5.51. The van der Waals surface area contributed by atoms with Gasteiger partial charge in [-0.3, -0.25) is 4.68 Å². The molecule has 0 bridgehead atoms. The second kappa shape index (κ2) is 8.83. The minimum Gasteiger partial charge on any atom is -0.321 e. The number of nitrogens with one attached hydrogen (secondary N) is 2. The number of anilines is 2. The van der Waals surface area contributed by atoms with E-state index >= 15 is 0 Å². The van der Waals surface area contributed by atoms with E-state index in [1.165, 1.54) is 0 Å². The van der Waals surface area contributed by atoms with Gasteiger partial charge in [-0.2, -0.15) is 18.3 Å². The van der Waals surface area contributed by atoms with E-state index in [-0.39, 0.29) is 18.1 Å². The SMILES string of the molecule is FC(F)(F)c1cnc(Nc2cnn(C3CCNCC3)c2)nc1CCc1ccccc1. The number of piperidine rings is 1. The van der Waals surface area contributed by atoms with Crippen molar-refractivity contribution in [2.75, 3.05) is 18.4 Å². The molecule has 1 fully saturated rings. The maximum absolute atomic E-state index is 13.4. The van der Waals surface area contributed by atoms with Crippen LogP contribution < -0.4 is 10.6 Å². The van der Waals surface area contributed by atoms with Crippen LogP contribution in [0.4, 0.5) is 24.8 Å². The molecule has 0 amide bonds. The molecule has 9 heteroatoms. The van der Waals surface area contributed by atoms with Gasteiger partial charge in [0, 0.05) is 12.4 Å². The lowest BCUT2D eigenvalue weighted by atomic mass is 10.1. The third-order valence-electron chi connectivity index (χ3n) is 5.21. The number of rotatable bonds is 6. The number of alkyl halides is 3. The van der Waals surface area contributed by atoms with Crippen LogP contribution in [0.5, 0.6) is 0 Å². The highest BCUT2D eigenvalue weighted by Crippen LogP contribution is 2.32. The van der Waals surface area contributed by atoms with Gasteiger partial charge >= 0.3 is 6.18 Å². The van der Waals surface area contributed by atoms with Crippen LogP contribution in [0.15, 0.2) is 48.9 Å². The summed E-state index contributed by atoms with van der Waals surface area (Å²) in [6.07, 6.45) is 2.46. The monoisotopic (exact) mass is 416 g/mol. The second-order valence-electron chi connectivity index (χ2n) is 7.35. The second-order valence-corrected chi connectivity index (χ2v) is 7.35. The van der Waals surface area contributed by atoms with Gasteiger partial charge in [0.1, 0.15) is 0 Å². The first-order chi connectivity index (χ1) is 14.5. The number of nitrogens with zero attached hydrogens (tertiary/aromatic N) is 4. The van der Waals surface area contributed by atoms with Crippen molar-refractivity contribution in [1.82, 2.24) is 25.1 Å². The van der Waals surface area contributed by atoms with Gasteiger partial charge in [-0.1, -0.05) is 30.3 Å². The van der Waals surface area contributed by atoms with E-state index in [0.29, 0.717) is 18.2 Å². The number of halogens is 3. The molecule has 6 nitrogen and oxygen atoms in total. The van der Waals surface area contributed by atoms with Gasteiger partial charge in [-0.25, -0.2) is 9.97 Å². The Morgan fingerprint density at radius 1 is 1.07 bits per heavy atom. The van der Waals surface area contributed by atoms with Gasteiger partial charge < -0.3 is 10.6 Å². The van der Waals surface area contributed by atoms with Crippen LogP contribution in [-0.4, -0.2) is 32.8 Å². The lowest BCUT2D eigenvalue weighted by molar-refractivity contribution is -0.138. The largest absolute Gasteiger partial charge is 0.419 e. The zero-order chi connectivity index (χ0) is 21.0. The molecule has 2 N–H and O–H groups in total. The molecule has 3 aromatic rings. The Kier molecular flexibility index (Phi) is 5.98. The molecule has 0 aliphatic carbocycles. The topological polar surface area (TPSA) is 67.7 Å². The zero-order valence-corrected chi connectivity index (χ0v) is 16.4. The lowest BCUT2D eigenvalue weighted by Gasteiger charge is -2.22. The van der Waals surface area contributed by atoms with Crippen molar-refractivity contribution in [3.05, 3.63) is 65.7 Å². The lowest BCUT2D eigenvalue weighted by Crippen LogP contribution is -2.29. The molecule has 1 aliphatic heterocycles. The summed E-state index contributed by atoms with van der Waals surface area (Å²) in [6, 6.07) is 9.71. The number of aromatic nitrogens is 4. The summed E-state index contributed by atoms with van der Waals surface area (Å²) < 4.78 is 42.2. The molecule has 2 aromatic heterocycles. The molecule has 0 atom stereocenters. The molecule has 0 saturated carbocycles. The highest BCUT2D eigenvalue weighted by Gasteiger charge is 2.34. The maximum Gasteiger partial charge on any atom is 0.419 e. The quantitative estimate of drug-likeness (QED) is 0.632. The number of aryl methyl sites for hydroxylation is 2. The fourth-order valence-corrected chi connectivity index (χ4v) is 3.61. The average Bonchev–Trinajstić information content (AvgIpc) is 3.21. The summed E-state index contributed by atoms with van der Waals surface area (Å²) in [4.78, 5) is 8.07. The van der Waals surface area contributed by atoms with Crippen molar-refractivity contribution < 1.29 is 13.2 Å². The molecule has 4 rings (SSSR count). The molecule has 30 heavy (non-hydrogen) atoms. The molecule has 0 spiro atoms. The Balaban J connectivity index is 1.51. The predicted molar refractivity (Wildman–Crippen MR) is 108 cm³/mol. The zero-order valence-electron chi connectivity index (χ0n) is 16.4. The van der Waals surface area contributed by atoms with Crippen LogP contribution in [-0.2, 0) is 19.0 Å². The van der Waals surface area contributed by atoms with Gasteiger partial charge in [0.15, 0.2) is 0 Å². The van der Waals surface area contributed by atoms with Gasteiger partial charge in [-0.15, -0.1) is 0 Å². The van der Waals surface area contributed by atoms with E-state index < -0.39 is 11.7 Å². The summed E-state index contributed by atoms with van der Waals surface area (Å²) in [5.74, 6) is 0.135. The van der Waals surface area contributed by atoms with E-state index in [0.717, 1.165) is 37.7 Å². The molecule has 0 unspecified atom stereocenters. The van der Waals surface area contributed by atoms with Crippen LogP contribution >= 0.6 is 0 Å². The molecular formula is C21H23F3N6. The predicted octanol–water partition coefficient (Wildman–Crippen LogP) is 4.15. The summed E-state index contributed by atoms with van der Waals surface area (Å²) in [7, 11) is 0. The summed E-state index contributed by atoms with van der Waals surface area (Å²) in [6.45, 7) is 1.89. The smallest absolute Gasteiger partial charge is 0.321 e. The first-order valence-corrected chi connectivity index (χ1v) is 9.98. The van der Waals surface area contributed by atoms with Gasteiger partial charge in [-0.05, 0) is 44.3 Å². The van der Waals surface area contributed by atoms with E-state index in [4.69, 9.17) is 0 Å². The van der Waals surface area contributed by atoms with Crippen molar-refractivity contribution in [1.29, 1.82) is 0 Å². The fourth-order valence-electron chi connectivity index (χ4n) is 3.61. The highest BCUT2D eigenvalue weighted by atomic mass is 19.4. The standard InChI is InChI=1S/C21H23F3N6/c22-21(23,24)18-13-26-20(29-19(18)7-6-15-4-2-1-3-5-15)28-16-12-27-30(14-16)17-8-10-25-11-9-17/h1-5,12-14,17,25H,6-11H2,(H,26,28,29). The average molecular weight is 416 g/mol. The summed E-state index contributed by atoms with van der Waals surface area (Å²) in [5.41, 5.74) is 0.799. The Bertz CT molecular complexity index is 964.